The third kappa shape index (κ3) is 6.58. The van der Waals surface area contributed by atoms with Crippen LogP contribution in [0.4, 0.5) is 0 Å². The molecule has 0 aliphatic rings. The quantitative estimate of drug-likeness (QED) is 0.655. The molecule has 0 saturated heterocycles. The Morgan fingerprint density at radius 1 is 1.00 bits per heavy atom. The number of aliphatic hydroxyl groups is 1. The molecule has 0 heterocycles. The van der Waals surface area contributed by atoms with Gasteiger partial charge >= 0.3 is 0 Å². The average molecular weight is 270 g/mol. The van der Waals surface area contributed by atoms with Crippen molar-refractivity contribution in [2.75, 3.05) is 6.61 Å². The highest BCUT2D eigenvalue weighted by Crippen LogP contribution is 2.43. The van der Waals surface area contributed by atoms with Gasteiger partial charge in [0.1, 0.15) is 0 Å². The van der Waals surface area contributed by atoms with Gasteiger partial charge in [0.25, 0.3) is 0 Å². The molecule has 2 nitrogen and oxygen atoms in total. The first-order valence-electron chi connectivity index (χ1n) is 7.22. The maximum Gasteiger partial charge on any atom is 0.0677 e. The van der Waals surface area contributed by atoms with E-state index in [9.17, 15) is 5.11 Å². The van der Waals surface area contributed by atoms with Gasteiger partial charge in [-0.2, -0.15) is 0 Å². The number of hydrogen-bond donors (Lipinski definition) is 1. The monoisotopic (exact) mass is 270 g/mol. The summed E-state index contributed by atoms with van der Waals surface area (Å²) in [6.45, 7) is 21.3. The smallest absolute Gasteiger partial charge is 0.0677 e. The lowest BCUT2D eigenvalue weighted by atomic mass is 9.67. The van der Waals surface area contributed by atoms with Crippen molar-refractivity contribution in [3.63, 3.8) is 0 Å². The lowest BCUT2D eigenvalue weighted by molar-refractivity contribution is -0.119. The Morgan fingerprint density at radius 3 is 1.84 bits per heavy atom. The fourth-order valence-corrected chi connectivity index (χ4v) is 2.18. The molecule has 0 radical (unpaired) electrons. The number of allylic oxidation sites excluding steroid dienone is 1. The standard InChI is InChI=1S/C17H34O2/c1-10-14(2,3)13-15(4,5)17(8,9)19-12-11-16(6,7)18/h10,18H,1,11-13H2,2-9H3. The highest BCUT2D eigenvalue weighted by Gasteiger charge is 2.41. The second-order valence-corrected chi connectivity index (χ2v) is 8.17. The van der Waals surface area contributed by atoms with E-state index >= 15 is 0 Å². The van der Waals surface area contributed by atoms with Crippen LogP contribution in [0.1, 0.15) is 68.2 Å². The van der Waals surface area contributed by atoms with Crippen LogP contribution < -0.4 is 0 Å². The lowest BCUT2D eigenvalue weighted by Crippen LogP contribution is -2.44. The summed E-state index contributed by atoms with van der Waals surface area (Å²) in [5.74, 6) is 0. The van der Waals surface area contributed by atoms with Gasteiger partial charge in [0.05, 0.1) is 17.8 Å². The Hall–Kier alpha value is -0.340. The van der Waals surface area contributed by atoms with Crippen LogP contribution in [0.25, 0.3) is 0 Å². The molecule has 2 heteroatoms. The number of ether oxygens (including phenoxy) is 1. The van der Waals surface area contributed by atoms with Crippen molar-refractivity contribution in [3.8, 4) is 0 Å². The minimum Gasteiger partial charge on any atom is -0.390 e. The molecule has 0 aromatic rings. The Bertz CT molecular complexity index is 293. The minimum absolute atomic E-state index is 0.0320. The van der Waals surface area contributed by atoms with E-state index in [1.165, 1.54) is 0 Å². The van der Waals surface area contributed by atoms with Crippen LogP contribution in [-0.2, 0) is 4.74 Å². The predicted molar refractivity (Wildman–Crippen MR) is 83.3 cm³/mol. The van der Waals surface area contributed by atoms with Crippen molar-refractivity contribution in [1.29, 1.82) is 0 Å². The summed E-state index contributed by atoms with van der Waals surface area (Å²) in [6, 6.07) is 0. The molecule has 0 saturated carbocycles. The third-order valence-electron chi connectivity index (χ3n) is 4.26. The summed E-state index contributed by atoms with van der Waals surface area (Å²) in [5, 5.41) is 9.75. The molecule has 0 bridgehead atoms. The Morgan fingerprint density at radius 2 is 1.47 bits per heavy atom. The first-order chi connectivity index (χ1) is 8.22. The van der Waals surface area contributed by atoms with Crippen molar-refractivity contribution in [3.05, 3.63) is 12.7 Å². The summed E-state index contributed by atoms with van der Waals surface area (Å²) in [7, 11) is 0. The zero-order valence-corrected chi connectivity index (χ0v) is 14.3. The maximum atomic E-state index is 9.75. The summed E-state index contributed by atoms with van der Waals surface area (Å²) in [6.07, 6.45) is 3.68. The van der Waals surface area contributed by atoms with Gasteiger partial charge in [0.2, 0.25) is 0 Å². The molecule has 0 aliphatic heterocycles. The fourth-order valence-electron chi connectivity index (χ4n) is 2.18. The summed E-state index contributed by atoms with van der Waals surface area (Å²) in [4.78, 5) is 0. The van der Waals surface area contributed by atoms with Crippen molar-refractivity contribution < 1.29 is 9.84 Å². The summed E-state index contributed by atoms with van der Waals surface area (Å²) >= 11 is 0. The molecule has 0 aromatic heterocycles. The first-order valence-corrected chi connectivity index (χ1v) is 7.22. The molecule has 19 heavy (non-hydrogen) atoms. The zero-order valence-electron chi connectivity index (χ0n) is 14.3. The van der Waals surface area contributed by atoms with Crippen LogP contribution in [0.3, 0.4) is 0 Å². The van der Waals surface area contributed by atoms with Crippen LogP contribution in [0.15, 0.2) is 12.7 Å². The van der Waals surface area contributed by atoms with E-state index in [0.29, 0.717) is 13.0 Å². The zero-order chi connectivity index (χ0) is 15.5. The van der Waals surface area contributed by atoms with Crippen molar-refractivity contribution >= 4 is 0 Å². The maximum absolute atomic E-state index is 9.75. The Labute approximate surface area is 120 Å². The van der Waals surface area contributed by atoms with E-state index < -0.39 is 5.60 Å². The first kappa shape index (κ1) is 18.7. The molecule has 114 valence electrons. The van der Waals surface area contributed by atoms with Gasteiger partial charge in [-0.3, -0.25) is 0 Å². The predicted octanol–water partition coefficient (Wildman–Crippen LogP) is 4.57. The second kappa shape index (κ2) is 5.97. The van der Waals surface area contributed by atoms with Crippen LogP contribution in [-0.4, -0.2) is 22.9 Å². The van der Waals surface area contributed by atoms with E-state index in [4.69, 9.17) is 4.74 Å². The van der Waals surface area contributed by atoms with Gasteiger partial charge in [-0.15, -0.1) is 6.58 Å². The molecule has 0 aliphatic carbocycles. The van der Waals surface area contributed by atoms with Gasteiger partial charge in [0.15, 0.2) is 0 Å². The van der Waals surface area contributed by atoms with E-state index in [2.05, 4.69) is 48.1 Å². The summed E-state index contributed by atoms with van der Waals surface area (Å²) in [5.41, 5.74) is -0.774. The van der Waals surface area contributed by atoms with Crippen LogP contribution in [0.2, 0.25) is 0 Å². The molecule has 0 aromatic carbocycles. The molecule has 0 rings (SSSR count). The minimum atomic E-state index is -0.666. The topological polar surface area (TPSA) is 29.5 Å². The van der Waals surface area contributed by atoms with Gasteiger partial charge in [-0.1, -0.05) is 33.8 Å². The summed E-state index contributed by atoms with van der Waals surface area (Å²) < 4.78 is 6.07. The van der Waals surface area contributed by atoms with E-state index in [1.807, 2.05) is 19.9 Å². The van der Waals surface area contributed by atoms with Crippen LogP contribution in [0.5, 0.6) is 0 Å². The second-order valence-electron chi connectivity index (χ2n) is 8.17. The molecule has 0 unspecified atom stereocenters. The normalized spacial score (nSPS) is 14.6. The Balaban J connectivity index is 4.64. The highest BCUT2D eigenvalue weighted by molar-refractivity contribution is 4.97. The van der Waals surface area contributed by atoms with Crippen molar-refractivity contribution in [1.82, 2.24) is 0 Å². The van der Waals surface area contributed by atoms with Gasteiger partial charge < -0.3 is 9.84 Å². The van der Waals surface area contributed by atoms with Crippen molar-refractivity contribution in [2.24, 2.45) is 10.8 Å². The largest absolute Gasteiger partial charge is 0.390 e. The number of rotatable bonds is 8. The molecule has 1 N–H and O–H groups in total. The van der Waals surface area contributed by atoms with E-state index in [-0.39, 0.29) is 16.4 Å². The lowest BCUT2D eigenvalue weighted by Gasteiger charge is -2.45. The molecule has 0 atom stereocenters. The third-order valence-corrected chi connectivity index (χ3v) is 4.26. The molecular weight excluding hydrogens is 236 g/mol. The SMILES string of the molecule is C=CC(C)(C)CC(C)(C)C(C)(C)OCCC(C)(C)O. The molecular formula is C17H34O2. The highest BCUT2D eigenvalue weighted by atomic mass is 16.5. The number of hydrogen-bond acceptors (Lipinski definition) is 2. The van der Waals surface area contributed by atoms with Gasteiger partial charge in [0, 0.05) is 0 Å². The molecule has 0 fully saturated rings. The van der Waals surface area contributed by atoms with Crippen molar-refractivity contribution in [2.45, 2.75) is 79.4 Å². The van der Waals surface area contributed by atoms with Gasteiger partial charge in [-0.05, 0) is 51.4 Å². The Kier molecular flexibility index (Phi) is 5.86. The fraction of sp³-hybridized carbons (Fsp3) is 0.882. The molecule has 0 amide bonds. The van der Waals surface area contributed by atoms with Gasteiger partial charge in [-0.25, -0.2) is 0 Å². The van der Waals surface area contributed by atoms with Crippen LogP contribution in [0, 0.1) is 10.8 Å². The molecule has 0 spiro atoms. The van der Waals surface area contributed by atoms with E-state index in [1.54, 1.807) is 0 Å². The van der Waals surface area contributed by atoms with E-state index in [0.717, 1.165) is 6.42 Å². The van der Waals surface area contributed by atoms with Crippen LogP contribution >= 0.6 is 0 Å². The average Bonchev–Trinajstić information content (AvgIpc) is 2.13.